The van der Waals surface area contributed by atoms with Gasteiger partial charge in [-0.3, -0.25) is 19.8 Å². The lowest BCUT2D eigenvalue weighted by molar-refractivity contribution is -0.151. The highest BCUT2D eigenvalue weighted by Gasteiger charge is 2.53. The summed E-state index contributed by atoms with van der Waals surface area (Å²) in [5, 5.41) is 10.2. The molecule has 1 saturated heterocycles. The van der Waals surface area contributed by atoms with E-state index in [4.69, 9.17) is 4.74 Å². The Bertz CT molecular complexity index is 1420. The summed E-state index contributed by atoms with van der Waals surface area (Å²) in [5.41, 5.74) is 2.55. The number of likely N-dealkylation sites (tertiary alicyclic amines) is 1. The van der Waals surface area contributed by atoms with Gasteiger partial charge in [-0.05, 0) is 49.2 Å². The van der Waals surface area contributed by atoms with Gasteiger partial charge in [-0.2, -0.15) is 4.72 Å². The molecule has 1 aliphatic rings. The van der Waals surface area contributed by atoms with E-state index in [2.05, 4.69) is 9.71 Å². The third kappa shape index (κ3) is 5.74. The molecule has 11 heteroatoms. The van der Waals surface area contributed by atoms with Crippen molar-refractivity contribution < 1.29 is 28.0 Å². The summed E-state index contributed by atoms with van der Waals surface area (Å²) in [7, 11) is -4.15. The zero-order valence-electron chi connectivity index (χ0n) is 20.9. The van der Waals surface area contributed by atoms with Crippen LogP contribution in [0.4, 0.5) is 0 Å². The first kappa shape index (κ1) is 26.5. The fraction of sp³-hybridized carbons (Fsp3) is 0.346. The van der Waals surface area contributed by atoms with E-state index in [1.807, 2.05) is 51.1 Å². The van der Waals surface area contributed by atoms with Gasteiger partial charge in [0.25, 0.3) is 5.91 Å². The Morgan fingerprint density at radius 3 is 2.46 bits per heavy atom. The molecule has 0 atom stereocenters. The molecule has 0 unspecified atom stereocenters. The lowest BCUT2D eigenvalue weighted by Gasteiger charge is -2.48. The number of para-hydroxylation sites is 1. The molecule has 0 spiro atoms. The van der Waals surface area contributed by atoms with E-state index in [9.17, 15) is 23.2 Å². The number of carbonyl (C=O) groups excluding carboxylic acids is 2. The normalized spacial score (nSPS) is 14.9. The van der Waals surface area contributed by atoms with Crippen molar-refractivity contribution in [3.8, 4) is 5.75 Å². The first-order valence-corrected chi connectivity index (χ1v) is 13.4. The maximum Gasteiger partial charge on any atom is 0.268 e. The highest BCUT2D eigenvalue weighted by atomic mass is 32.2. The van der Waals surface area contributed by atoms with Crippen LogP contribution in [0.15, 0.2) is 59.5 Å². The Morgan fingerprint density at radius 2 is 1.81 bits per heavy atom. The van der Waals surface area contributed by atoms with Crippen molar-refractivity contribution >= 4 is 32.7 Å². The number of hydrogen-bond acceptors (Lipinski definition) is 7. The van der Waals surface area contributed by atoms with Gasteiger partial charge >= 0.3 is 0 Å². The Labute approximate surface area is 215 Å². The molecule has 1 aliphatic heterocycles. The number of hydrogen-bond donors (Lipinski definition) is 3. The van der Waals surface area contributed by atoms with Crippen LogP contribution in [0.25, 0.3) is 10.9 Å². The number of fused-ring (bicyclic) bond motifs is 1. The molecule has 1 fully saturated rings. The number of ether oxygens (including phenoxy) is 1. The number of sulfonamides is 1. The molecule has 3 aromatic rings. The molecular formula is C26H30N4O6S. The number of carbonyl (C=O) groups is 2. The van der Waals surface area contributed by atoms with Gasteiger partial charge < -0.3 is 9.64 Å². The van der Waals surface area contributed by atoms with Crippen LogP contribution in [-0.2, 0) is 26.2 Å². The Morgan fingerprint density at radius 1 is 1.14 bits per heavy atom. The van der Waals surface area contributed by atoms with Gasteiger partial charge in [-0.15, -0.1) is 0 Å². The van der Waals surface area contributed by atoms with Crippen molar-refractivity contribution in [3.63, 3.8) is 0 Å². The number of aromatic nitrogens is 1. The minimum absolute atomic E-state index is 0.0814. The molecule has 1 aromatic heterocycles. The maximum absolute atomic E-state index is 13.1. The van der Waals surface area contributed by atoms with Crippen LogP contribution < -0.4 is 14.9 Å². The predicted octanol–water partition coefficient (Wildman–Crippen LogP) is 2.53. The second-order valence-electron chi connectivity index (χ2n) is 9.68. The molecular weight excluding hydrogens is 496 g/mol. The van der Waals surface area contributed by atoms with Gasteiger partial charge in [0.1, 0.15) is 17.9 Å². The van der Waals surface area contributed by atoms with E-state index in [0.29, 0.717) is 5.75 Å². The van der Waals surface area contributed by atoms with E-state index >= 15 is 0 Å². The van der Waals surface area contributed by atoms with Crippen LogP contribution in [0.2, 0.25) is 0 Å². The maximum atomic E-state index is 13.1. The van der Waals surface area contributed by atoms with Crippen LogP contribution in [-0.4, -0.2) is 54.0 Å². The van der Waals surface area contributed by atoms with Gasteiger partial charge in [-0.25, -0.2) is 13.9 Å². The summed E-state index contributed by atoms with van der Waals surface area (Å²) >= 11 is 0. The largest absolute Gasteiger partial charge is 0.489 e. The number of nitrogens with zero attached hydrogens (tertiary/aromatic N) is 2. The van der Waals surface area contributed by atoms with Gasteiger partial charge in [0.2, 0.25) is 15.9 Å². The van der Waals surface area contributed by atoms with E-state index in [1.165, 1.54) is 34.6 Å². The molecule has 0 aliphatic carbocycles. The number of nitrogens with one attached hydrogen (secondary N) is 2. The van der Waals surface area contributed by atoms with Crippen LogP contribution in [0.5, 0.6) is 5.75 Å². The van der Waals surface area contributed by atoms with Crippen LogP contribution in [0.1, 0.15) is 31.5 Å². The van der Waals surface area contributed by atoms with Gasteiger partial charge in [-0.1, -0.05) is 32.0 Å². The zero-order valence-corrected chi connectivity index (χ0v) is 21.7. The molecule has 37 heavy (non-hydrogen) atoms. The molecule has 0 saturated carbocycles. The number of amides is 2. The lowest BCUT2D eigenvalue weighted by Crippen LogP contribution is -2.76. The third-order valence-corrected chi connectivity index (χ3v) is 7.73. The third-order valence-electron chi connectivity index (χ3n) is 6.18. The predicted molar refractivity (Wildman–Crippen MR) is 136 cm³/mol. The summed E-state index contributed by atoms with van der Waals surface area (Å²) in [6.07, 6.45) is 0.278. The average molecular weight is 527 g/mol. The van der Waals surface area contributed by atoms with Crippen molar-refractivity contribution in [3.05, 3.63) is 65.9 Å². The van der Waals surface area contributed by atoms with E-state index < -0.39 is 21.5 Å². The number of aryl methyl sites for hydroxylation is 1. The number of hydroxylamine groups is 1. The highest BCUT2D eigenvalue weighted by molar-refractivity contribution is 7.89. The quantitative estimate of drug-likeness (QED) is 0.288. The van der Waals surface area contributed by atoms with Crippen LogP contribution in [0.3, 0.4) is 0 Å². The summed E-state index contributed by atoms with van der Waals surface area (Å²) in [4.78, 5) is 30.5. The average Bonchev–Trinajstić information content (AvgIpc) is 2.83. The summed E-state index contributed by atoms with van der Waals surface area (Å²) in [5.74, 6) is -0.527. The Balaban J connectivity index is 1.45. The lowest BCUT2D eigenvalue weighted by atomic mass is 9.89. The van der Waals surface area contributed by atoms with Crippen LogP contribution in [0, 0.1) is 12.8 Å². The molecule has 4 rings (SSSR count). The van der Waals surface area contributed by atoms with Crippen molar-refractivity contribution in [2.24, 2.45) is 5.92 Å². The molecule has 0 bridgehead atoms. The van der Waals surface area contributed by atoms with E-state index in [-0.39, 0.29) is 42.8 Å². The SMILES string of the molecule is Cc1cc(COc2ccc(S(=O)(=O)NC3(C(=O)NO)CN(C(=O)CC(C)C)C3)cc2)c2ccccc2n1. The first-order valence-electron chi connectivity index (χ1n) is 11.9. The highest BCUT2D eigenvalue weighted by Crippen LogP contribution is 2.27. The monoisotopic (exact) mass is 526 g/mol. The Hall–Kier alpha value is -3.54. The summed E-state index contributed by atoms with van der Waals surface area (Å²) < 4.78 is 34.4. The zero-order chi connectivity index (χ0) is 26.8. The molecule has 10 nitrogen and oxygen atoms in total. The second-order valence-corrected chi connectivity index (χ2v) is 11.4. The molecule has 2 heterocycles. The van der Waals surface area contributed by atoms with Crippen molar-refractivity contribution in [1.29, 1.82) is 0 Å². The van der Waals surface area contributed by atoms with Gasteiger partial charge in [0.05, 0.1) is 23.5 Å². The smallest absolute Gasteiger partial charge is 0.268 e. The first-order chi connectivity index (χ1) is 17.5. The van der Waals surface area contributed by atoms with E-state index in [0.717, 1.165) is 22.2 Å². The molecule has 2 aromatic carbocycles. The molecule has 3 N–H and O–H groups in total. The van der Waals surface area contributed by atoms with Crippen molar-refractivity contribution in [2.75, 3.05) is 13.1 Å². The standard InChI is InChI=1S/C26H30N4O6S/c1-17(2)12-24(31)30-15-26(16-30,25(32)28-33)29-37(34,35)21-10-8-20(9-11-21)36-14-19-13-18(3)27-23-7-5-4-6-22(19)23/h4-11,13,17,29,33H,12,14-16H2,1-3H3,(H,28,32). The minimum Gasteiger partial charge on any atom is -0.489 e. The van der Waals surface area contributed by atoms with Gasteiger partial charge in [0, 0.05) is 23.1 Å². The Kier molecular flexibility index (Phi) is 7.49. The van der Waals surface area contributed by atoms with Crippen LogP contribution >= 0.6 is 0 Å². The number of benzene rings is 2. The van der Waals surface area contributed by atoms with Crippen molar-refractivity contribution in [2.45, 2.75) is 44.2 Å². The summed E-state index contributed by atoms with van der Waals surface area (Å²) in [6, 6.07) is 15.5. The van der Waals surface area contributed by atoms with Crippen molar-refractivity contribution in [1.82, 2.24) is 20.1 Å². The fourth-order valence-corrected chi connectivity index (χ4v) is 5.68. The topological polar surface area (TPSA) is 138 Å². The van der Waals surface area contributed by atoms with E-state index in [1.54, 1.807) is 0 Å². The number of rotatable bonds is 9. The molecule has 0 radical (unpaired) electrons. The second kappa shape index (κ2) is 10.4. The molecule has 196 valence electrons. The summed E-state index contributed by atoms with van der Waals surface area (Å²) in [6.45, 7) is 5.61. The fourth-order valence-electron chi connectivity index (χ4n) is 4.33. The number of pyridine rings is 1. The minimum atomic E-state index is -4.15. The van der Waals surface area contributed by atoms with Gasteiger partial charge in [0.15, 0.2) is 0 Å². The molecule has 2 amide bonds.